The number of amides is 1. The van der Waals surface area contributed by atoms with Gasteiger partial charge < -0.3 is 10.4 Å². The van der Waals surface area contributed by atoms with Crippen LogP contribution in [0.3, 0.4) is 0 Å². The van der Waals surface area contributed by atoms with Crippen molar-refractivity contribution >= 4 is 5.91 Å². The van der Waals surface area contributed by atoms with E-state index in [4.69, 9.17) is 6.42 Å². The minimum atomic E-state index is -1.03. The third kappa shape index (κ3) is 2.22. The molecule has 0 aliphatic heterocycles. The number of rotatable bonds is 2. The van der Waals surface area contributed by atoms with Crippen LogP contribution in [0.15, 0.2) is 0 Å². The van der Waals surface area contributed by atoms with Gasteiger partial charge >= 0.3 is 0 Å². The van der Waals surface area contributed by atoms with Crippen molar-refractivity contribution in [2.45, 2.75) is 38.3 Å². The van der Waals surface area contributed by atoms with E-state index in [9.17, 15) is 9.90 Å². The summed E-state index contributed by atoms with van der Waals surface area (Å²) in [6, 6.07) is 0.145. The first-order valence-electron chi connectivity index (χ1n) is 4.47. The Labute approximate surface area is 78.5 Å². The molecule has 0 heterocycles. The number of nitrogens with one attached hydrogen (secondary N) is 1. The molecule has 72 valence electrons. The van der Waals surface area contributed by atoms with E-state index < -0.39 is 5.60 Å². The number of carbonyl (C=O) groups excluding carboxylic acids is 1. The molecule has 0 spiro atoms. The van der Waals surface area contributed by atoms with E-state index >= 15 is 0 Å². The molecule has 13 heavy (non-hydrogen) atoms. The topological polar surface area (TPSA) is 49.3 Å². The van der Waals surface area contributed by atoms with Crippen molar-refractivity contribution in [3.63, 3.8) is 0 Å². The zero-order chi connectivity index (χ0) is 10.1. The largest absolute Gasteiger partial charge is 0.378 e. The fourth-order valence-corrected chi connectivity index (χ4v) is 1.46. The first-order valence-corrected chi connectivity index (χ1v) is 4.47. The predicted molar refractivity (Wildman–Crippen MR) is 49.8 cm³/mol. The van der Waals surface area contributed by atoms with Crippen LogP contribution >= 0.6 is 0 Å². The summed E-state index contributed by atoms with van der Waals surface area (Å²) in [6.07, 6.45) is 5.88. The fourth-order valence-electron chi connectivity index (χ4n) is 1.46. The van der Waals surface area contributed by atoms with Gasteiger partial charge in [0.25, 0.3) is 0 Å². The number of carbonyl (C=O) groups is 1. The molecule has 0 unspecified atom stereocenters. The number of hydrogen-bond donors (Lipinski definition) is 2. The molecule has 3 nitrogen and oxygen atoms in total. The highest BCUT2D eigenvalue weighted by Gasteiger charge is 2.44. The Morgan fingerprint density at radius 2 is 2.23 bits per heavy atom. The van der Waals surface area contributed by atoms with E-state index in [1.165, 1.54) is 0 Å². The average molecular weight is 181 g/mol. The van der Waals surface area contributed by atoms with Gasteiger partial charge in [-0.1, -0.05) is 5.92 Å². The van der Waals surface area contributed by atoms with E-state index in [0.717, 1.165) is 0 Å². The Kier molecular flexibility index (Phi) is 2.63. The lowest BCUT2D eigenvalue weighted by molar-refractivity contribution is -0.135. The zero-order valence-electron chi connectivity index (χ0n) is 8.00. The van der Waals surface area contributed by atoms with Crippen LogP contribution in [0.5, 0.6) is 0 Å². The van der Waals surface area contributed by atoms with Gasteiger partial charge in [-0.3, -0.25) is 4.79 Å². The van der Waals surface area contributed by atoms with Gasteiger partial charge in [-0.05, 0) is 26.7 Å². The van der Waals surface area contributed by atoms with E-state index in [1.807, 2.05) is 13.8 Å². The molecular formula is C10H15NO2. The van der Waals surface area contributed by atoms with Gasteiger partial charge in [-0.25, -0.2) is 0 Å². The Bertz CT molecular complexity index is 246. The summed E-state index contributed by atoms with van der Waals surface area (Å²) in [5.41, 5.74) is -1.03. The molecular weight excluding hydrogens is 166 g/mol. The molecule has 0 bridgehead atoms. The predicted octanol–water partition coefficient (Wildman–Crippen LogP) is 0.285. The van der Waals surface area contributed by atoms with E-state index in [-0.39, 0.29) is 17.9 Å². The molecule has 3 heteroatoms. The number of aliphatic hydroxyl groups is 1. The highest BCUT2D eigenvalue weighted by atomic mass is 16.3. The fraction of sp³-hybridized carbons (Fsp3) is 0.700. The van der Waals surface area contributed by atoms with Crippen molar-refractivity contribution < 1.29 is 9.90 Å². The Hall–Kier alpha value is -1.01. The van der Waals surface area contributed by atoms with Gasteiger partial charge in [0.1, 0.15) is 5.60 Å². The molecule has 0 aromatic rings. The maximum Gasteiger partial charge on any atom is 0.223 e. The highest BCUT2D eigenvalue weighted by molar-refractivity contribution is 5.80. The smallest absolute Gasteiger partial charge is 0.223 e. The molecule has 1 fully saturated rings. The summed E-state index contributed by atoms with van der Waals surface area (Å²) < 4.78 is 0. The zero-order valence-corrected chi connectivity index (χ0v) is 8.00. The highest BCUT2D eigenvalue weighted by Crippen LogP contribution is 2.37. The van der Waals surface area contributed by atoms with Crippen molar-refractivity contribution in [3.8, 4) is 12.3 Å². The molecule has 1 rings (SSSR count). The van der Waals surface area contributed by atoms with Crippen LogP contribution in [-0.2, 0) is 4.79 Å². The van der Waals surface area contributed by atoms with E-state index in [2.05, 4.69) is 11.2 Å². The van der Waals surface area contributed by atoms with Gasteiger partial charge in [0, 0.05) is 12.0 Å². The Morgan fingerprint density at radius 3 is 2.62 bits per heavy atom. The first-order chi connectivity index (χ1) is 5.97. The van der Waals surface area contributed by atoms with Gasteiger partial charge in [0.05, 0.1) is 0 Å². The van der Waals surface area contributed by atoms with Crippen LogP contribution in [0.4, 0.5) is 0 Å². The van der Waals surface area contributed by atoms with Crippen LogP contribution in [0.2, 0.25) is 0 Å². The average Bonchev–Trinajstić information content (AvgIpc) is 1.97. The minimum Gasteiger partial charge on any atom is -0.378 e. The number of terminal acetylenes is 1. The summed E-state index contributed by atoms with van der Waals surface area (Å²) in [6.45, 7) is 3.81. The third-order valence-corrected chi connectivity index (χ3v) is 2.24. The molecule has 0 saturated heterocycles. The molecule has 1 aliphatic carbocycles. The van der Waals surface area contributed by atoms with Gasteiger partial charge in [0.15, 0.2) is 0 Å². The minimum absolute atomic E-state index is 0.00470. The summed E-state index contributed by atoms with van der Waals surface area (Å²) in [7, 11) is 0. The Morgan fingerprint density at radius 1 is 1.69 bits per heavy atom. The molecule has 0 atom stereocenters. The van der Waals surface area contributed by atoms with Gasteiger partial charge in [-0.15, -0.1) is 6.42 Å². The lowest BCUT2D eigenvalue weighted by Crippen LogP contribution is -2.50. The molecule has 1 amide bonds. The SMILES string of the molecule is C#CC1(O)CC(C(=O)NC(C)C)C1. The second-order valence-electron chi connectivity index (χ2n) is 3.94. The molecule has 2 N–H and O–H groups in total. The molecule has 1 saturated carbocycles. The lowest BCUT2D eigenvalue weighted by Gasteiger charge is -2.38. The van der Waals surface area contributed by atoms with Crippen molar-refractivity contribution in [2.24, 2.45) is 5.92 Å². The van der Waals surface area contributed by atoms with Gasteiger partial charge in [0.2, 0.25) is 5.91 Å². The monoisotopic (exact) mass is 181 g/mol. The molecule has 1 aliphatic rings. The van der Waals surface area contributed by atoms with Crippen LogP contribution in [0.25, 0.3) is 0 Å². The van der Waals surface area contributed by atoms with Gasteiger partial charge in [-0.2, -0.15) is 0 Å². The maximum atomic E-state index is 11.3. The second kappa shape index (κ2) is 3.39. The van der Waals surface area contributed by atoms with Crippen LogP contribution in [-0.4, -0.2) is 22.7 Å². The lowest BCUT2D eigenvalue weighted by atomic mass is 9.71. The number of hydrogen-bond acceptors (Lipinski definition) is 2. The van der Waals surface area contributed by atoms with E-state index in [1.54, 1.807) is 0 Å². The van der Waals surface area contributed by atoms with Crippen molar-refractivity contribution in [3.05, 3.63) is 0 Å². The third-order valence-electron chi connectivity index (χ3n) is 2.24. The Balaban J connectivity index is 2.36. The van der Waals surface area contributed by atoms with Crippen molar-refractivity contribution in [2.75, 3.05) is 0 Å². The van der Waals surface area contributed by atoms with Crippen LogP contribution in [0, 0.1) is 18.3 Å². The van der Waals surface area contributed by atoms with Crippen LogP contribution < -0.4 is 5.32 Å². The second-order valence-corrected chi connectivity index (χ2v) is 3.94. The van der Waals surface area contributed by atoms with Crippen LogP contribution in [0.1, 0.15) is 26.7 Å². The van der Waals surface area contributed by atoms with E-state index in [0.29, 0.717) is 12.8 Å². The molecule has 0 aromatic heterocycles. The first kappa shape index (κ1) is 10.1. The maximum absolute atomic E-state index is 11.3. The van der Waals surface area contributed by atoms with Crippen molar-refractivity contribution in [1.82, 2.24) is 5.32 Å². The quantitative estimate of drug-likeness (QED) is 0.601. The summed E-state index contributed by atoms with van der Waals surface area (Å²) >= 11 is 0. The molecule has 0 aromatic carbocycles. The standard InChI is InChI=1S/C10H15NO2/c1-4-10(13)5-8(6-10)9(12)11-7(2)3/h1,7-8,13H,5-6H2,2-3H3,(H,11,12). The summed E-state index contributed by atoms with van der Waals surface area (Å²) in [5, 5.41) is 12.2. The summed E-state index contributed by atoms with van der Waals surface area (Å²) in [4.78, 5) is 11.3. The normalized spacial score (nSPS) is 32.1. The summed E-state index contributed by atoms with van der Waals surface area (Å²) in [5.74, 6) is 2.18. The van der Waals surface area contributed by atoms with Crippen molar-refractivity contribution in [1.29, 1.82) is 0 Å². The molecule has 0 radical (unpaired) electrons.